The van der Waals surface area contributed by atoms with Crippen molar-refractivity contribution in [1.29, 1.82) is 0 Å². The lowest BCUT2D eigenvalue weighted by Gasteiger charge is -2.40. The predicted molar refractivity (Wildman–Crippen MR) is 133 cm³/mol. The molecule has 0 aliphatic carbocycles. The fourth-order valence-corrected chi connectivity index (χ4v) is 5.73. The quantitative estimate of drug-likeness (QED) is 0.412. The highest BCUT2D eigenvalue weighted by Gasteiger charge is 2.32. The van der Waals surface area contributed by atoms with Gasteiger partial charge in [0.05, 0.1) is 30.8 Å². The molecule has 2 aromatic heterocycles. The fraction of sp³-hybridized carbons (Fsp3) is 0.360. The number of para-hydroxylation sites is 1. The Labute approximate surface area is 207 Å². The van der Waals surface area contributed by atoms with Gasteiger partial charge in [0.2, 0.25) is 10.8 Å². The van der Waals surface area contributed by atoms with Gasteiger partial charge in [-0.05, 0) is 29.8 Å². The standard InChI is InChI=1S/C25H28FN5O3S/c1-4-21-27-25-31(28-21)24(32)23(35-25)22(16-9-10-19(33-2)20(15-16)34-3)30-13-11-29(12-14-30)18-8-6-5-7-17(18)26/h5-10,15,22,32H,4,11-14H2,1-3H3/t22-/m0/s1. The molecule has 8 nitrogen and oxygen atoms in total. The summed E-state index contributed by atoms with van der Waals surface area (Å²) < 4.78 is 26.9. The Morgan fingerprint density at radius 3 is 2.46 bits per heavy atom. The molecule has 1 aliphatic heterocycles. The summed E-state index contributed by atoms with van der Waals surface area (Å²) in [6, 6.07) is 12.4. The van der Waals surface area contributed by atoms with Crippen molar-refractivity contribution < 1.29 is 19.0 Å². The summed E-state index contributed by atoms with van der Waals surface area (Å²) in [6.45, 7) is 4.67. The molecule has 4 aromatic rings. The highest BCUT2D eigenvalue weighted by molar-refractivity contribution is 7.17. The molecule has 1 atom stereocenters. The highest BCUT2D eigenvalue weighted by atomic mass is 32.1. The van der Waals surface area contributed by atoms with Crippen LogP contribution in [0.15, 0.2) is 42.5 Å². The third kappa shape index (κ3) is 4.28. The molecule has 10 heteroatoms. The van der Waals surface area contributed by atoms with E-state index in [0.29, 0.717) is 60.6 Å². The number of benzene rings is 2. The number of nitrogens with zero attached hydrogens (tertiary/aromatic N) is 5. The Kier molecular flexibility index (Phi) is 6.48. The van der Waals surface area contributed by atoms with Gasteiger partial charge < -0.3 is 19.5 Å². The molecule has 184 valence electrons. The lowest BCUT2D eigenvalue weighted by molar-refractivity contribution is 0.210. The number of ether oxygens (including phenoxy) is 2. The van der Waals surface area contributed by atoms with Crippen LogP contribution in [0.3, 0.4) is 0 Å². The van der Waals surface area contributed by atoms with Crippen LogP contribution in [-0.4, -0.2) is 65.0 Å². The van der Waals surface area contributed by atoms with E-state index in [2.05, 4.69) is 19.9 Å². The molecule has 0 amide bonds. The number of hydrogen-bond acceptors (Lipinski definition) is 8. The van der Waals surface area contributed by atoms with E-state index >= 15 is 0 Å². The zero-order valence-corrected chi connectivity index (χ0v) is 20.8. The molecule has 5 rings (SSSR count). The van der Waals surface area contributed by atoms with Crippen LogP contribution in [0.4, 0.5) is 10.1 Å². The monoisotopic (exact) mass is 497 g/mol. The van der Waals surface area contributed by atoms with Crippen molar-refractivity contribution in [2.24, 2.45) is 0 Å². The molecule has 1 fully saturated rings. The molecular formula is C25H28FN5O3S. The summed E-state index contributed by atoms with van der Waals surface area (Å²) in [5, 5.41) is 15.6. The van der Waals surface area contributed by atoms with Crippen molar-refractivity contribution in [1.82, 2.24) is 19.5 Å². The molecule has 0 bridgehead atoms. The third-order valence-electron chi connectivity index (χ3n) is 6.40. The van der Waals surface area contributed by atoms with Crippen molar-refractivity contribution in [2.45, 2.75) is 19.4 Å². The molecule has 1 saturated heterocycles. The lowest BCUT2D eigenvalue weighted by Crippen LogP contribution is -2.48. The zero-order valence-electron chi connectivity index (χ0n) is 19.9. The number of rotatable bonds is 7. The fourth-order valence-electron chi connectivity index (χ4n) is 4.60. The van der Waals surface area contributed by atoms with Gasteiger partial charge in [0.25, 0.3) is 0 Å². The van der Waals surface area contributed by atoms with E-state index < -0.39 is 0 Å². The van der Waals surface area contributed by atoms with Crippen molar-refractivity contribution in [3.63, 3.8) is 0 Å². The molecular weight excluding hydrogens is 469 g/mol. The average molecular weight is 498 g/mol. The van der Waals surface area contributed by atoms with E-state index in [4.69, 9.17) is 9.47 Å². The van der Waals surface area contributed by atoms with Crippen LogP contribution >= 0.6 is 11.3 Å². The van der Waals surface area contributed by atoms with Gasteiger partial charge in [-0.1, -0.05) is 36.5 Å². The maximum Gasteiger partial charge on any atom is 0.230 e. The van der Waals surface area contributed by atoms with E-state index in [9.17, 15) is 9.50 Å². The van der Waals surface area contributed by atoms with Crippen LogP contribution in [-0.2, 0) is 6.42 Å². The van der Waals surface area contributed by atoms with Gasteiger partial charge in [-0.25, -0.2) is 9.37 Å². The summed E-state index contributed by atoms with van der Waals surface area (Å²) in [7, 11) is 3.21. The van der Waals surface area contributed by atoms with E-state index in [-0.39, 0.29) is 17.7 Å². The smallest absolute Gasteiger partial charge is 0.230 e. The van der Waals surface area contributed by atoms with Crippen LogP contribution in [0, 0.1) is 5.82 Å². The Morgan fingerprint density at radius 1 is 1.06 bits per heavy atom. The Morgan fingerprint density at radius 2 is 1.80 bits per heavy atom. The van der Waals surface area contributed by atoms with E-state index in [1.165, 1.54) is 21.9 Å². The van der Waals surface area contributed by atoms with Gasteiger partial charge in [-0.2, -0.15) is 4.52 Å². The summed E-state index contributed by atoms with van der Waals surface area (Å²) in [4.78, 5) is 10.3. The van der Waals surface area contributed by atoms with Crippen LogP contribution in [0.2, 0.25) is 0 Å². The minimum atomic E-state index is -0.254. The van der Waals surface area contributed by atoms with Gasteiger partial charge in [0.15, 0.2) is 17.3 Å². The number of anilines is 1. The Bertz CT molecular complexity index is 1330. The number of thiazole rings is 1. The first-order chi connectivity index (χ1) is 17.0. The number of methoxy groups -OCH3 is 2. The second-order valence-electron chi connectivity index (χ2n) is 8.36. The van der Waals surface area contributed by atoms with Gasteiger partial charge in [-0.3, -0.25) is 4.90 Å². The molecule has 1 aliphatic rings. The first-order valence-corrected chi connectivity index (χ1v) is 12.4. The molecule has 35 heavy (non-hydrogen) atoms. The second kappa shape index (κ2) is 9.71. The molecule has 0 radical (unpaired) electrons. The van der Waals surface area contributed by atoms with Crippen LogP contribution in [0.25, 0.3) is 4.96 Å². The maximum atomic E-state index is 14.4. The maximum absolute atomic E-state index is 14.4. The van der Waals surface area contributed by atoms with Gasteiger partial charge >= 0.3 is 0 Å². The number of halogens is 1. The molecule has 0 saturated carbocycles. The Hall–Kier alpha value is -3.37. The minimum absolute atomic E-state index is 0.0912. The number of hydrogen-bond donors (Lipinski definition) is 1. The van der Waals surface area contributed by atoms with Crippen molar-refractivity contribution in [3.8, 4) is 17.4 Å². The first-order valence-electron chi connectivity index (χ1n) is 11.6. The molecule has 2 aromatic carbocycles. The van der Waals surface area contributed by atoms with Crippen LogP contribution < -0.4 is 14.4 Å². The number of aromatic hydroxyl groups is 1. The highest BCUT2D eigenvalue weighted by Crippen LogP contribution is 2.42. The van der Waals surface area contributed by atoms with Gasteiger partial charge in [-0.15, -0.1) is 5.10 Å². The molecule has 0 spiro atoms. The summed E-state index contributed by atoms with van der Waals surface area (Å²) in [5.74, 6) is 1.83. The van der Waals surface area contributed by atoms with Crippen molar-refractivity contribution in [3.05, 3.63) is 64.5 Å². The number of piperazine rings is 1. The number of aromatic nitrogens is 3. The summed E-state index contributed by atoms with van der Waals surface area (Å²) in [6.07, 6.45) is 0.695. The number of fused-ring (bicyclic) bond motifs is 1. The largest absolute Gasteiger partial charge is 0.493 e. The summed E-state index contributed by atoms with van der Waals surface area (Å²) >= 11 is 1.43. The van der Waals surface area contributed by atoms with Crippen LogP contribution in [0.1, 0.15) is 29.2 Å². The topological polar surface area (TPSA) is 75.4 Å². The lowest BCUT2D eigenvalue weighted by atomic mass is 10.0. The van der Waals surface area contributed by atoms with Gasteiger partial charge in [0.1, 0.15) is 5.82 Å². The van der Waals surface area contributed by atoms with Crippen molar-refractivity contribution >= 4 is 22.0 Å². The Balaban J connectivity index is 1.52. The zero-order chi connectivity index (χ0) is 24.5. The van der Waals surface area contributed by atoms with E-state index in [1.807, 2.05) is 37.3 Å². The second-order valence-corrected chi connectivity index (χ2v) is 9.37. The van der Waals surface area contributed by atoms with Crippen LogP contribution in [0.5, 0.6) is 17.4 Å². The SMILES string of the molecule is CCc1nc2sc([C@H](c3ccc(OC)c(OC)c3)N3CCN(c4ccccc4F)CC3)c(O)n2n1. The van der Waals surface area contributed by atoms with Gasteiger partial charge in [0, 0.05) is 32.6 Å². The summed E-state index contributed by atoms with van der Waals surface area (Å²) in [5.41, 5.74) is 1.57. The normalized spacial score (nSPS) is 15.5. The first kappa shape index (κ1) is 23.4. The van der Waals surface area contributed by atoms with Crippen molar-refractivity contribution in [2.75, 3.05) is 45.3 Å². The molecule has 3 heterocycles. The predicted octanol–water partition coefficient (Wildman–Crippen LogP) is 4.13. The minimum Gasteiger partial charge on any atom is -0.493 e. The molecule has 0 unspecified atom stereocenters. The van der Waals surface area contributed by atoms with E-state index in [1.54, 1.807) is 20.3 Å². The van der Waals surface area contributed by atoms with E-state index in [0.717, 1.165) is 10.4 Å². The average Bonchev–Trinajstić information content (AvgIpc) is 3.43. The third-order valence-corrected chi connectivity index (χ3v) is 7.48. The molecule has 1 N–H and O–H groups in total. The number of aryl methyl sites for hydroxylation is 1.